The number of ketones is 1. The molecule has 2 heterocycles. The molecule has 1 aliphatic rings. The molecule has 3 rings (SSSR count). The standard InChI is InChI=1S/C11H12N2OS/c14-10(8-2-1-3-8)6-9-7-13-4-5-15-11(13)12-9/h4-5,7-8H,1-3,6H2. The molecule has 0 aliphatic heterocycles. The Labute approximate surface area is 91.8 Å². The Morgan fingerprint density at radius 3 is 3.13 bits per heavy atom. The molecule has 2 aromatic heterocycles. The van der Waals surface area contributed by atoms with Crippen molar-refractivity contribution in [1.29, 1.82) is 0 Å². The summed E-state index contributed by atoms with van der Waals surface area (Å²) in [5, 5.41) is 2.00. The number of nitrogens with zero attached hydrogens (tertiary/aromatic N) is 2. The van der Waals surface area contributed by atoms with Gasteiger partial charge >= 0.3 is 0 Å². The number of carbonyl (C=O) groups is 1. The van der Waals surface area contributed by atoms with Crippen molar-refractivity contribution in [2.24, 2.45) is 5.92 Å². The molecule has 1 aliphatic carbocycles. The van der Waals surface area contributed by atoms with Crippen LogP contribution >= 0.6 is 11.3 Å². The number of hydrogen-bond acceptors (Lipinski definition) is 3. The third kappa shape index (κ3) is 1.59. The highest BCUT2D eigenvalue weighted by Gasteiger charge is 2.25. The first-order valence-electron chi connectivity index (χ1n) is 5.27. The highest BCUT2D eigenvalue weighted by atomic mass is 32.1. The van der Waals surface area contributed by atoms with E-state index in [0.29, 0.717) is 18.1 Å². The van der Waals surface area contributed by atoms with Gasteiger partial charge in [0.1, 0.15) is 5.78 Å². The zero-order valence-corrected chi connectivity index (χ0v) is 9.17. The minimum atomic E-state index is 0.324. The predicted octanol–water partition coefficient (Wildman–Crippen LogP) is 2.31. The van der Waals surface area contributed by atoms with Gasteiger partial charge in [-0.3, -0.25) is 9.20 Å². The summed E-state index contributed by atoms with van der Waals surface area (Å²) in [5.41, 5.74) is 0.916. The Morgan fingerprint density at radius 2 is 2.47 bits per heavy atom. The molecule has 0 amide bonds. The van der Waals surface area contributed by atoms with Crippen LogP contribution in [0.4, 0.5) is 0 Å². The van der Waals surface area contributed by atoms with Crippen LogP contribution in [0.1, 0.15) is 25.0 Å². The smallest absolute Gasteiger partial charge is 0.193 e. The topological polar surface area (TPSA) is 34.4 Å². The van der Waals surface area contributed by atoms with Crippen LogP contribution in [0.15, 0.2) is 17.8 Å². The zero-order chi connectivity index (χ0) is 10.3. The number of Topliss-reactive ketones (excluding diaryl/α,β-unsaturated/α-hetero) is 1. The van der Waals surface area contributed by atoms with Gasteiger partial charge in [0, 0.05) is 23.7 Å². The first-order chi connectivity index (χ1) is 7.33. The van der Waals surface area contributed by atoms with Gasteiger partial charge < -0.3 is 0 Å². The maximum Gasteiger partial charge on any atom is 0.193 e. The largest absolute Gasteiger partial charge is 0.299 e. The highest BCUT2D eigenvalue weighted by molar-refractivity contribution is 7.15. The number of fused-ring (bicyclic) bond motifs is 1. The first kappa shape index (κ1) is 9.09. The summed E-state index contributed by atoms with van der Waals surface area (Å²) < 4.78 is 1.98. The molecule has 0 atom stereocenters. The molecular weight excluding hydrogens is 208 g/mol. The number of carbonyl (C=O) groups excluding carboxylic acids is 1. The summed E-state index contributed by atoms with van der Waals surface area (Å²) in [5.74, 6) is 0.691. The van der Waals surface area contributed by atoms with E-state index in [2.05, 4.69) is 4.98 Å². The Balaban J connectivity index is 1.76. The molecule has 1 fully saturated rings. The molecular formula is C11H12N2OS. The number of aromatic nitrogens is 2. The average Bonchev–Trinajstić information content (AvgIpc) is 2.58. The van der Waals surface area contributed by atoms with E-state index >= 15 is 0 Å². The molecule has 0 unspecified atom stereocenters. The van der Waals surface area contributed by atoms with Crippen LogP contribution < -0.4 is 0 Å². The molecule has 0 bridgehead atoms. The summed E-state index contributed by atoms with van der Waals surface area (Å²) in [6.07, 6.45) is 7.84. The van der Waals surface area contributed by atoms with Crippen LogP contribution in [0.3, 0.4) is 0 Å². The van der Waals surface area contributed by atoms with Crippen molar-refractivity contribution in [2.45, 2.75) is 25.7 Å². The van der Waals surface area contributed by atoms with Crippen LogP contribution in [0.5, 0.6) is 0 Å². The second-order valence-electron chi connectivity index (χ2n) is 4.10. The fraction of sp³-hybridized carbons (Fsp3) is 0.455. The molecule has 4 heteroatoms. The van der Waals surface area contributed by atoms with Crippen molar-refractivity contribution in [2.75, 3.05) is 0 Å². The van der Waals surface area contributed by atoms with E-state index in [1.165, 1.54) is 6.42 Å². The van der Waals surface area contributed by atoms with Gasteiger partial charge in [-0.1, -0.05) is 6.42 Å². The average molecular weight is 220 g/mol. The van der Waals surface area contributed by atoms with Crippen LogP contribution in [-0.2, 0) is 11.2 Å². The lowest BCUT2D eigenvalue weighted by Gasteiger charge is -2.23. The van der Waals surface area contributed by atoms with E-state index in [1.807, 2.05) is 22.2 Å². The Hall–Kier alpha value is -1.16. The van der Waals surface area contributed by atoms with Gasteiger partial charge in [-0.05, 0) is 12.8 Å². The summed E-state index contributed by atoms with van der Waals surface area (Å²) in [4.78, 5) is 17.1. The van der Waals surface area contributed by atoms with Crippen molar-refractivity contribution in [3.05, 3.63) is 23.5 Å². The van der Waals surface area contributed by atoms with Gasteiger partial charge in [-0.2, -0.15) is 0 Å². The molecule has 2 aromatic rings. The zero-order valence-electron chi connectivity index (χ0n) is 8.35. The third-order valence-electron chi connectivity index (χ3n) is 3.06. The van der Waals surface area contributed by atoms with E-state index < -0.39 is 0 Å². The van der Waals surface area contributed by atoms with Crippen molar-refractivity contribution in [3.8, 4) is 0 Å². The highest BCUT2D eigenvalue weighted by Crippen LogP contribution is 2.28. The lowest BCUT2D eigenvalue weighted by atomic mass is 9.81. The molecule has 0 aromatic carbocycles. The summed E-state index contributed by atoms with van der Waals surface area (Å²) in [6, 6.07) is 0. The Bertz CT molecular complexity index is 467. The lowest BCUT2D eigenvalue weighted by Crippen LogP contribution is -2.23. The van der Waals surface area contributed by atoms with Crippen LogP contribution in [0.25, 0.3) is 4.96 Å². The molecule has 0 radical (unpaired) electrons. The lowest BCUT2D eigenvalue weighted by molar-refractivity contribution is -0.124. The predicted molar refractivity (Wildman–Crippen MR) is 59.1 cm³/mol. The van der Waals surface area contributed by atoms with E-state index in [0.717, 1.165) is 23.5 Å². The van der Waals surface area contributed by atoms with Gasteiger partial charge in [0.15, 0.2) is 4.96 Å². The maximum atomic E-state index is 11.7. The number of hydrogen-bond donors (Lipinski definition) is 0. The molecule has 15 heavy (non-hydrogen) atoms. The number of thiazole rings is 1. The molecule has 78 valence electrons. The van der Waals surface area contributed by atoms with E-state index in [-0.39, 0.29) is 0 Å². The quantitative estimate of drug-likeness (QED) is 0.795. The molecule has 3 nitrogen and oxygen atoms in total. The van der Waals surface area contributed by atoms with E-state index in [4.69, 9.17) is 0 Å². The normalized spacial score (nSPS) is 16.8. The summed E-state index contributed by atoms with van der Waals surface area (Å²) >= 11 is 1.60. The number of rotatable bonds is 3. The van der Waals surface area contributed by atoms with Gasteiger partial charge in [-0.25, -0.2) is 4.98 Å². The Kier molecular flexibility index (Phi) is 2.09. The SMILES string of the molecule is O=C(Cc1cn2ccsc2n1)C1CCC1. The van der Waals surface area contributed by atoms with Gasteiger partial charge in [0.25, 0.3) is 0 Å². The van der Waals surface area contributed by atoms with Crippen LogP contribution in [0, 0.1) is 5.92 Å². The van der Waals surface area contributed by atoms with Crippen LogP contribution in [-0.4, -0.2) is 15.2 Å². The van der Waals surface area contributed by atoms with Crippen molar-refractivity contribution >= 4 is 22.1 Å². The second kappa shape index (κ2) is 3.45. The monoisotopic (exact) mass is 220 g/mol. The summed E-state index contributed by atoms with van der Waals surface area (Å²) in [7, 11) is 0. The number of imidazole rings is 1. The second-order valence-corrected chi connectivity index (χ2v) is 4.97. The van der Waals surface area contributed by atoms with Gasteiger partial charge in [0.05, 0.1) is 12.1 Å². The minimum absolute atomic E-state index is 0.324. The first-order valence-corrected chi connectivity index (χ1v) is 6.15. The van der Waals surface area contributed by atoms with E-state index in [9.17, 15) is 4.79 Å². The van der Waals surface area contributed by atoms with Gasteiger partial charge in [0.2, 0.25) is 0 Å². The fourth-order valence-electron chi connectivity index (χ4n) is 1.91. The van der Waals surface area contributed by atoms with Crippen molar-refractivity contribution < 1.29 is 4.79 Å². The fourth-order valence-corrected chi connectivity index (χ4v) is 2.63. The van der Waals surface area contributed by atoms with Gasteiger partial charge in [-0.15, -0.1) is 11.3 Å². The Morgan fingerprint density at radius 1 is 1.60 bits per heavy atom. The molecule has 0 saturated heterocycles. The van der Waals surface area contributed by atoms with Crippen molar-refractivity contribution in [3.63, 3.8) is 0 Å². The third-order valence-corrected chi connectivity index (χ3v) is 3.83. The maximum absolute atomic E-state index is 11.7. The van der Waals surface area contributed by atoms with Crippen LogP contribution in [0.2, 0.25) is 0 Å². The molecule has 1 saturated carbocycles. The van der Waals surface area contributed by atoms with Crippen molar-refractivity contribution in [1.82, 2.24) is 9.38 Å². The molecule has 0 N–H and O–H groups in total. The minimum Gasteiger partial charge on any atom is -0.299 e. The van der Waals surface area contributed by atoms with E-state index in [1.54, 1.807) is 11.3 Å². The molecule has 0 spiro atoms. The summed E-state index contributed by atoms with van der Waals surface area (Å²) in [6.45, 7) is 0.